The molecule has 100 valence electrons. The molecule has 0 heterocycles. The van der Waals surface area contributed by atoms with Crippen LogP contribution in [0.1, 0.15) is 37.3 Å². The van der Waals surface area contributed by atoms with Gasteiger partial charge in [0, 0.05) is 18.9 Å². The highest BCUT2D eigenvalue weighted by atomic mass is 19.3. The molecular formula is C14H19F2NO. The SMILES string of the molecule is COc1ccc(C2(CN)CCC2)cc1C(C)(F)F. The topological polar surface area (TPSA) is 35.2 Å². The van der Waals surface area contributed by atoms with Crippen LogP contribution in [0, 0.1) is 0 Å². The molecule has 0 radical (unpaired) electrons. The lowest BCUT2D eigenvalue weighted by atomic mass is 9.64. The Morgan fingerprint density at radius 2 is 2.06 bits per heavy atom. The second kappa shape index (κ2) is 4.50. The maximum Gasteiger partial charge on any atom is 0.274 e. The molecular weight excluding hydrogens is 236 g/mol. The van der Waals surface area contributed by atoms with Gasteiger partial charge in [-0.15, -0.1) is 0 Å². The van der Waals surface area contributed by atoms with Crippen LogP contribution < -0.4 is 10.5 Å². The smallest absolute Gasteiger partial charge is 0.274 e. The van der Waals surface area contributed by atoms with Crippen LogP contribution in [-0.4, -0.2) is 13.7 Å². The van der Waals surface area contributed by atoms with E-state index in [4.69, 9.17) is 10.5 Å². The first-order valence-electron chi connectivity index (χ1n) is 6.20. The largest absolute Gasteiger partial charge is 0.496 e. The molecule has 0 unspecified atom stereocenters. The summed E-state index contributed by atoms with van der Waals surface area (Å²) in [7, 11) is 1.41. The Hall–Kier alpha value is -1.16. The second-order valence-electron chi connectivity index (χ2n) is 5.14. The molecule has 0 bridgehead atoms. The summed E-state index contributed by atoms with van der Waals surface area (Å²) in [6, 6.07) is 5.04. The average Bonchev–Trinajstić information content (AvgIpc) is 2.27. The highest BCUT2D eigenvalue weighted by molar-refractivity contribution is 5.43. The number of rotatable bonds is 4. The molecule has 0 spiro atoms. The van der Waals surface area contributed by atoms with E-state index < -0.39 is 5.92 Å². The minimum Gasteiger partial charge on any atom is -0.496 e. The first kappa shape index (κ1) is 13.3. The van der Waals surface area contributed by atoms with Gasteiger partial charge in [0.1, 0.15) is 5.75 Å². The monoisotopic (exact) mass is 255 g/mol. The van der Waals surface area contributed by atoms with Crippen LogP contribution in [0.2, 0.25) is 0 Å². The molecule has 1 fully saturated rings. The first-order chi connectivity index (χ1) is 8.43. The molecule has 1 aromatic rings. The average molecular weight is 255 g/mol. The third-order valence-corrected chi connectivity index (χ3v) is 3.99. The van der Waals surface area contributed by atoms with Gasteiger partial charge in [0.25, 0.3) is 5.92 Å². The number of ether oxygens (including phenoxy) is 1. The van der Waals surface area contributed by atoms with Crippen molar-refractivity contribution in [2.45, 2.75) is 37.5 Å². The zero-order chi connectivity index (χ0) is 13.4. The molecule has 0 amide bonds. The Bertz CT molecular complexity index is 430. The maximum atomic E-state index is 13.6. The van der Waals surface area contributed by atoms with Crippen LogP contribution in [0.4, 0.5) is 8.78 Å². The van der Waals surface area contributed by atoms with Crippen LogP contribution in [0.5, 0.6) is 5.75 Å². The molecule has 0 atom stereocenters. The third-order valence-electron chi connectivity index (χ3n) is 3.99. The van der Waals surface area contributed by atoms with Crippen LogP contribution in [0.3, 0.4) is 0 Å². The van der Waals surface area contributed by atoms with Crippen molar-refractivity contribution in [1.29, 1.82) is 0 Å². The number of methoxy groups -OCH3 is 1. The Kier molecular flexibility index (Phi) is 3.32. The summed E-state index contributed by atoms with van der Waals surface area (Å²) in [5.41, 5.74) is 6.56. The second-order valence-corrected chi connectivity index (χ2v) is 5.14. The summed E-state index contributed by atoms with van der Waals surface area (Å²) in [6.45, 7) is 1.40. The van der Waals surface area contributed by atoms with Gasteiger partial charge in [-0.1, -0.05) is 12.5 Å². The fourth-order valence-electron chi connectivity index (χ4n) is 2.60. The molecule has 1 aliphatic carbocycles. The lowest BCUT2D eigenvalue weighted by Gasteiger charge is -2.42. The van der Waals surface area contributed by atoms with E-state index in [9.17, 15) is 8.78 Å². The van der Waals surface area contributed by atoms with Crippen molar-refractivity contribution in [3.8, 4) is 5.75 Å². The molecule has 1 aliphatic rings. The Morgan fingerprint density at radius 3 is 2.44 bits per heavy atom. The van der Waals surface area contributed by atoms with Crippen LogP contribution in [-0.2, 0) is 11.3 Å². The van der Waals surface area contributed by atoms with E-state index >= 15 is 0 Å². The minimum atomic E-state index is -2.90. The molecule has 1 saturated carbocycles. The quantitative estimate of drug-likeness (QED) is 0.896. The van der Waals surface area contributed by atoms with E-state index in [1.54, 1.807) is 12.1 Å². The molecule has 2 nitrogen and oxygen atoms in total. The highest BCUT2D eigenvalue weighted by Gasteiger charge is 2.39. The van der Waals surface area contributed by atoms with Gasteiger partial charge in [-0.3, -0.25) is 0 Å². The first-order valence-corrected chi connectivity index (χ1v) is 6.20. The van der Waals surface area contributed by atoms with E-state index in [2.05, 4.69) is 0 Å². The van der Waals surface area contributed by atoms with Crippen molar-refractivity contribution >= 4 is 0 Å². The molecule has 18 heavy (non-hydrogen) atoms. The number of hydrogen-bond donors (Lipinski definition) is 1. The predicted molar refractivity (Wildman–Crippen MR) is 67.1 cm³/mol. The summed E-state index contributed by atoms with van der Waals surface area (Å²) in [4.78, 5) is 0. The van der Waals surface area contributed by atoms with E-state index in [1.165, 1.54) is 7.11 Å². The van der Waals surface area contributed by atoms with Crippen molar-refractivity contribution in [1.82, 2.24) is 0 Å². The fraction of sp³-hybridized carbons (Fsp3) is 0.571. The summed E-state index contributed by atoms with van der Waals surface area (Å²) in [5, 5.41) is 0. The van der Waals surface area contributed by atoms with Gasteiger partial charge in [-0.25, -0.2) is 8.78 Å². The minimum absolute atomic E-state index is 0.0535. The highest BCUT2D eigenvalue weighted by Crippen LogP contribution is 2.45. The lowest BCUT2D eigenvalue weighted by molar-refractivity contribution is 0.0148. The maximum absolute atomic E-state index is 13.6. The van der Waals surface area contributed by atoms with Gasteiger partial charge in [0.2, 0.25) is 0 Å². The lowest BCUT2D eigenvalue weighted by Crippen LogP contribution is -2.41. The van der Waals surface area contributed by atoms with Crippen LogP contribution >= 0.6 is 0 Å². The van der Waals surface area contributed by atoms with E-state index in [0.717, 1.165) is 31.7 Å². The zero-order valence-electron chi connectivity index (χ0n) is 10.8. The molecule has 4 heteroatoms. The van der Waals surface area contributed by atoms with Crippen LogP contribution in [0.25, 0.3) is 0 Å². The van der Waals surface area contributed by atoms with E-state index in [-0.39, 0.29) is 16.7 Å². The van der Waals surface area contributed by atoms with Crippen LogP contribution in [0.15, 0.2) is 18.2 Å². The molecule has 1 aromatic carbocycles. The van der Waals surface area contributed by atoms with Crippen molar-refractivity contribution in [2.75, 3.05) is 13.7 Å². The summed E-state index contributed by atoms with van der Waals surface area (Å²) in [5.74, 6) is -2.67. The normalized spacial score (nSPS) is 18.3. The van der Waals surface area contributed by atoms with Gasteiger partial charge in [0.15, 0.2) is 0 Å². The molecule has 0 aliphatic heterocycles. The van der Waals surface area contributed by atoms with Crippen molar-refractivity contribution in [2.24, 2.45) is 5.73 Å². The van der Waals surface area contributed by atoms with Gasteiger partial charge in [-0.05, 0) is 30.5 Å². The number of nitrogens with two attached hydrogens (primary N) is 1. The summed E-state index contributed by atoms with van der Waals surface area (Å²) >= 11 is 0. The van der Waals surface area contributed by atoms with Crippen molar-refractivity contribution < 1.29 is 13.5 Å². The number of hydrogen-bond acceptors (Lipinski definition) is 2. The van der Waals surface area contributed by atoms with Crippen molar-refractivity contribution in [3.63, 3.8) is 0 Å². The number of benzene rings is 1. The van der Waals surface area contributed by atoms with Crippen molar-refractivity contribution in [3.05, 3.63) is 29.3 Å². The summed E-state index contributed by atoms with van der Waals surface area (Å²) < 4.78 is 32.2. The Morgan fingerprint density at radius 1 is 1.39 bits per heavy atom. The Labute approximate surface area is 106 Å². The Balaban J connectivity index is 2.46. The molecule has 2 rings (SSSR count). The van der Waals surface area contributed by atoms with Gasteiger partial charge in [0.05, 0.1) is 12.7 Å². The van der Waals surface area contributed by atoms with Gasteiger partial charge in [-0.2, -0.15) is 0 Å². The summed E-state index contributed by atoms with van der Waals surface area (Å²) in [6.07, 6.45) is 3.07. The van der Waals surface area contributed by atoms with E-state index in [1.807, 2.05) is 6.07 Å². The number of halogens is 2. The van der Waals surface area contributed by atoms with Gasteiger partial charge < -0.3 is 10.5 Å². The van der Waals surface area contributed by atoms with Gasteiger partial charge >= 0.3 is 0 Å². The number of alkyl halides is 2. The fourth-order valence-corrected chi connectivity index (χ4v) is 2.60. The zero-order valence-corrected chi connectivity index (χ0v) is 10.8. The predicted octanol–water partition coefficient (Wildman–Crippen LogP) is 3.19. The van der Waals surface area contributed by atoms with E-state index in [0.29, 0.717) is 6.54 Å². The molecule has 2 N–H and O–H groups in total. The third kappa shape index (κ3) is 2.09. The standard InChI is InChI=1S/C14H19F2NO/c1-13(15,16)11-8-10(4-5-12(11)18-2)14(9-17)6-3-7-14/h4-5,8H,3,6-7,9,17H2,1-2H3. The molecule has 0 saturated heterocycles. The molecule has 0 aromatic heterocycles.